The number of hydrogen-bond acceptors (Lipinski definition) is 2. The number of hydrogen-bond donors (Lipinski definition) is 1. The molecule has 1 N–H and O–H groups in total. The molecule has 0 fully saturated rings. The third-order valence-electron chi connectivity index (χ3n) is 4.04. The van der Waals surface area contributed by atoms with Crippen molar-refractivity contribution in [2.45, 2.75) is 6.92 Å². The van der Waals surface area contributed by atoms with Crippen LogP contribution in [0.15, 0.2) is 66.7 Å². The predicted molar refractivity (Wildman–Crippen MR) is 93.7 cm³/mol. The van der Waals surface area contributed by atoms with Crippen molar-refractivity contribution in [2.75, 3.05) is 0 Å². The highest BCUT2D eigenvalue weighted by molar-refractivity contribution is 5.88. The van der Waals surface area contributed by atoms with E-state index < -0.39 is 5.97 Å². The highest BCUT2D eigenvalue weighted by Gasteiger charge is 2.05. The van der Waals surface area contributed by atoms with Gasteiger partial charge in [0, 0.05) is 0 Å². The minimum Gasteiger partial charge on any atom is -0.478 e. The topological polar surface area (TPSA) is 61.1 Å². The number of rotatable bonds is 3. The molecule has 0 unspecified atom stereocenters. The minimum atomic E-state index is -0.926. The Labute approximate surface area is 140 Å². The molecule has 0 amide bonds. The minimum absolute atomic E-state index is 0.277. The first kappa shape index (κ1) is 15.5. The number of nitriles is 1. The molecule has 0 aliphatic rings. The van der Waals surface area contributed by atoms with Gasteiger partial charge in [-0.2, -0.15) is 5.26 Å². The average Bonchev–Trinajstić information content (AvgIpc) is 2.62. The first-order valence-electron chi connectivity index (χ1n) is 7.53. The second-order valence-electron chi connectivity index (χ2n) is 5.60. The van der Waals surface area contributed by atoms with E-state index in [1.165, 1.54) is 0 Å². The second kappa shape index (κ2) is 6.39. The van der Waals surface area contributed by atoms with Gasteiger partial charge in [-0.25, -0.2) is 4.79 Å². The number of aryl methyl sites for hydroxylation is 1. The molecule has 0 atom stereocenters. The monoisotopic (exact) mass is 313 g/mol. The van der Waals surface area contributed by atoms with Crippen LogP contribution in [0.4, 0.5) is 0 Å². The van der Waals surface area contributed by atoms with Gasteiger partial charge in [0.1, 0.15) is 0 Å². The van der Waals surface area contributed by atoms with E-state index in [2.05, 4.69) is 6.07 Å². The van der Waals surface area contributed by atoms with Crippen LogP contribution in [0.3, 0.4) is 0 Å². The van der Waals surface area contributed by atoms with Crippen molar-refractivity contribution in [3.05, 3.63) is 83.4 Å². The van der Waals surface area contributed by atoms with Crippen molar-refractivity contribution in [1.29, 1.82) is 5.26 Å². The van der Waals surface area contributed by atoms with Gasteiger partial charge in [0.2, 0.25) is 0 Å². The molecule has 24 heavy (non-hydrogen) atoms. The number of carbonyl (C=O) groups is 1. The lowest BCUT2D eigenvalue weighted by molar-refractivity contribution is 0.0697. The number of carboxylic acid groups (broad SMARTS) is 1. The molecule has 0 radical (unpaired) electrons. The molecule has 3 rings (SSSR count). The second-order valence-corrected chi connectivity index (χ2v) is 5.60. The molecular weight excluding hydrogens is 298 g/mol. The van der Waals surface area contributed by atoms with Crippen molar-refractivity contribution in [3.63, 3.8) is 0 Å². The van der Waals surface area contributed by atoms with Crippen LogP contribution in [-0.4, -0.2) is 11.1 Å². The summed E-state index contributed by atoms with van der Waals surface area (Å²) in [4.78, 5) is 10.9. The molecule has 3 nitrogen and oxygen atoms in total. The molecule has 0 saturated heterocycles. The molecule has 116 valence electrons. The lowest BCUT2D eigenvalue weighted by Crippen LogP contribution is -1.94. The third-order valence-corrected chi connectivity index (χ3v) is 4.04. The number of benzene rings is 3. The van der Waals surface area contributed by atoms with E-state index >= 15 is 0 Å². The van der Waals surface area contributed by atoms with Crippen LogP contribution in [0.2, 0.25) is 0 Å². The van der Waals surface area contributed by atoms with E-state index in [1.807, 2.05) is 49.4 Å². The van der Waals surface area contributed by atoms with Crippen molar-refractivity contribution in [1.82, 2.24) is 0 Å². The molecule has 3 heteroatoms. The number of aromatic carboxylic acids is 1. The quantitative estimate of drug-likeness (QED) is 0.748. The predicted octanol–water partition coefficient (Wildman–Crippen LogP) is 4.90. The van der Waals surface area contributed by atoms with Gasteiger partial charge in [-0.3, -0.25) is 0 Å². The first-order valence-corrected chi connectivity index (χ1v) is 7.53. The van der Waals surface area contributed by atoms with Crippen LogP contribution in [0.1, 0.15) is 21.5 Å². The maximum Gasteiger partial charge on any atom is 0.335 e. The van der Waals surface area contributed by atoms with Crippen molar-refractivity contribution in [2.24, 2.45) is 0 Å². The summed E-state index contributed by atoms with van der Waals surface area (Å²) in [7, 11) is 0. The van der Waals surface area contributed by atoms with Crippen LogP contribution in [0.5, 0.6) is 0 Å². The van der Waals surface area contributed by atoms with Gasteiger partial charge in [-0.1, -0.05) is 48.5 Å². The van der Waals surface area contributed by atoms with Crippen LogP contribution < -0.4 is 0 Å². The molecule has 0 aliphatic carbocycles. The SMILES string of the molecule is Cc1ccc(-c2ccc(-c3ccc(C(=O)O)cc3)cc2)cc1C#N. The Balaban J connectivity index is 1.91. The van der Waals surface area contributed by atoms with Gasteiger partial charge in [0.05, 0.1) is 17.2 Å². The van der Waals surface area contributed by atoms with Crippen molar-refractivity contribution >= 4 is 5.97 Å². The van der Waals surface area contributed by atoms with E-state index in [0.717, 1.165) is 27.8 Å². The zero-order valence-corrected chi connectivity index (χ0v) is 13.2. The molecule has 3 aromatic carbocycles. The molecule has 0 aromatic heterocycles. The summed E-state index contributed by atoms with van der Waals surface area (Å²) in [5.41, 5.74) is 5.95. The fourth-order valence-corrected chi connectivity index (χ4v) is 2.58. The van der Waals surface area contributed by atoms with Gasteiger partial charge in [-0.05, 0) is 52.9 Å². The Morgan fingerprint density at radius 3 is 1.79 bits per heavy atom. The summed E-state index contributed by atoms with van der Waals surface area (Å²) in [6.45, 7) is 1.92. The van der Waals surface area contributed by atoms with Gasteiger partial charge < -0.3 is 5.11 Å². The Morgan fingerprint density at radius 2 is 1.29 bits per heavy atom. The van der Waals surface area contributed by atoms with Crippen LogP contribution >= 0.6 is 0 Å². The van der Waals surface area contributed by atoms with E-state index in [9.17, 15) is 4.79 Å². The fraction of sp³-hybridized carbons (Fsp3) is 0.0476. The molecule has 0 saturated carbocycles. The summed E-state index contributed by atoms with van der Waals surface area (Å²) in [6, 6.07) is 22.9. The Kier molecular flexibility index (Phi) is 4.13. The summed E-state index contributed by atoms with van der Waals surface area (Å²) >= 11 is 0. The smallest absolute Gasteiger partial charge is 0.335 e. The zero-order valence-electron chi connectivity index (χ0n) is 13.2. The molecule has 0 heterocycles. The van der Waals surface area contributed by atoms with Crippen LogP contribution in [-0.2, 0) is 0 Å². The number of nitrogens with zero attached hydrogens (tertiary/aromatic N) is 1. The Bertz CT molecular complexity index is 933. The standard InChI is InChI=1S/C21H15NO2/c1-14-2-3-19(12-20(14)13-22)17-6-4-15(5-7-17)16-8-10-18(11-9-16)21(23)24/h2-12H,1H3,(H,23,24). The van der Waals surface area contributed by atoms with Crippen molar-refractivity contribution in [3.8, 4) is 28.3 Å². The summed E-state index contributed by atoms with van der Waals surface area (Å²) in [5.74, 6) is -0.926. The third kappa shape index (κ3) is 3.04. The first-order chi connectivity index (χ1) is 11.6. The highest BCUT2D eigenvalue weighted by atomic mass is 16.4. The fourth-order valence-electron chi connectivity index (χ4n) is 2.58. The maximum absolute atomic E-state index is 10.9. The highest BCUT2D eigenvalue weighted by Crippen LogP contribution is 2.26. The number of carboxylic acids is 1. The normalized spacial score (nSPS) is 10.2. The molecule has 0 aliphatic heterocycles. The lowest BCUT2D eigenvalue weighted by atomic mass is 9.97. The summed E-state index contributed by atoms with van der Waals surface area (Å²) in [6.07, 6.45) is 0. The summed E-state index contributed by atoms with van der Waals surface area (Å²) in [5, 5.41) is 18.1. The molecular formula is C21H15NO2. The Hall–Kier alpha value is -3.38. The van der Waals surface area contributed by atoms with E-state index in [1.54, 1.807) is 24.3 Å². The van der Waals surface area contributed by atoms with Crippen LogP contribution in [0.25, 0.3) is 22.3 Å². The molecule has 0 bridgehead atoms. The molecule has 3 aromatic rings. The summed E-state index contributed by atoms with van der Waals surface area (Å²) < 4.78 is 0. The van der Waals surface area contributed by atoms with E-state index in [0.29, 0.717) is 5.56 Å². The van der Waals surface area contributed by atoms with E-state index in [4.69, 9.17) is 10.4 Å². The van der Waals surface area contributed by atoms with Gasteiger partial charge in [0.25, 0.3) is 0 Å². The maximum atomic E-state index is 10.9. The lowest BCUT2D eigenvalue weighted by Gasteiger charge is -2.07. The van der Waals surface area contributed by atoms with Crippen LogP contribution in [0, 0.1) is 18.3 Å². The molecule has 0 spiro atoms. The van der Waals surface area contributed by atoms with E-state index in [-0.39, 0.29) is 5.56 Å². The van der Waals surface area contributed by atoms with Gasteiger partial charge in [0.15, 0.2) is 0 Å². The zero-order chi connectivity index (χ0) is 17.1. The largest absolute Gasteiger partial charge is 0.478 e. The Morgan fingerprint density at radius 1 is 0.833 bits per heavy atom. The van der Waals surface area contributed by atoms with Gasteiger partial charge in [-0.15, -0.1) is 0 Å². The average molecular weight is 313 g/mol. The van der Waals surface area contributed by atoms with Crippen molar-refractivity contribution < 1.29 is 9.90 Å². The van der Waals surface area contributed by atoms with Gasteiger partial charge >= 0.3 is 5.97 Å².